The van der Waals surface area contributed by atoms with Gasteiger partial charge in [-0.2, -0.15) is 0 Å². The van der Waals surface area contributed by atoms with Gasteiger partial charge >= 0.3 is 5.97 Å². The first-order chi connectivity index (χ1) is 19.1. The van der Waals surface area contributed by atoms with Gasteiger partial charge < -0.3 is 20.1 Å². The number of methoxy groups -OCH3 is 1. The van der Waals surface area contributed by atoms with Gasteiger partial charge in [0.1, 0.15) is 5.66 Å². The molecule has 1 fully saturated rings. The predicted octanol–water partition coefficient (Wildman–Crippen LogP) is 8.29. The first-order valence-corrected chi connectivity index (χ1v) is 14.1. The number of esters is 1. The molecule has 0 spiro atoms. The fraction of sp³-hybridized carbons (Fsp3) is 0.406. The number of nitrogens with one attached hydrogen (secondary N) is 2. The van der Waals surface area contributed by atoms with Crippen molar-refractivity contribution in [1.82, 2.24) is 0 Å². The molecule has 2 N–H and O–H groups in total. The standard InChI is InChI=1S/C32H35ClF2N2O3/c1-31(2,40-19-20-9-11-22(12-10-20)30(38)39-3)29(21-7-5-4-6-8-21)32(23-13-15-24(33)16-14-23)36-27-17-25(34)26(35)18-28(27)37-32/h9-18,21,29,36-37H,4-8,19H2,1-3H3. The second-order valence-electron chi connectivity index (χ2n) is 11.3. The lowest BCUT2D eigenvalue weighted by atomic mass is 9.65. The number of fused-ring (bicyclic) bond motifs is 1. The molecule has 5 nitrogen and oxygen atoms in total. The van der Waals surface area contributed by atoms with Crippen LogP contribution in [0.4, 0.5) is 20.2 Å². The van der Waals surface area contributed by atoms with Crippen LogP contribution in [0.1, 0.15) is 67.4 Å². The molecule has 0 bridgehead atoms. The molecule has 5 rings (SSSR count). The summed E-state index contributed by atoms with van der Waals surface area (Å²) in [4.78, 5) is 11.9. The quantitative estimate of drug-likeness (QED) is 0.268. The highest BCUT2D eigenvalue weighted by atomic mass is 35.5. The second-order valence-corrected chi connectivity index (χ2v) is 11.8. The van der Waals surface area contributed by atoms with Crippen LogP contribution in [0.15, 0.2) is 60.7 Å². The average molecular weight is 569 g/mol. The summed E-state index contributed by atoms with van der Waals surface area (Å²) >= 11 is 6.28. The van der Waals surface area contributed by atoms with Crippen LogP contribution in [0, 0.1) is 23.5 Å². The van der Waals surface area contributed by atoms with Crippen molar-refractivity contribution in [2.24, 2.45) is 11.8 Å². The van der Waals surface area contributed by atoms with Crippen molar-refractivity contribution in [3.63, 3.8) is 0 Å². The van der Waals surface area contributed by atoms with E-state index in [1.54, 1.807) is 12.1 Å². The van der Waals surface area contributed by atoms with Gasteiger partial charge in [0.25, 0.3) is 0 Å². The third kappa shape index (κ3) is 5.54. The molecule has 1 heterocycles. The SMILES string of the molecule is COC(=O)c1ccc(COC(C)(C)C(C2CCCCC2)C2(c3ccc(Cl)cc3)Nc3cc(F)c(F)cc3N2)cc1. The van der Waals surface area contributed by atoms with Crippen molar-refractivity contribution < 1.29 is 23.0 Å². The number of carbonyl (C=O) groups is 1. The molecule has 2 aliphatic rings. The molecule has 1 aliphatic carbocycles. The highest BCUT2D eigenvalue weighted by Crippen LogP contribution is 2.53. The summed E-state index contributed by atoms with van der Waals surface area (Å²) in [5, 5.41) is 7.78. The molecule has 1 atom stereocenters. The normalized spacial score (nSPS) is 17.4. The van der Waals surface area contributed by atoms with Gasteiger partial charge in [-0.3, -0.25) is 0 Å². The van der Waals surface area contributed by atoms with Crippen molar-refractivity contribution in [3.05, 3.63) is 94.0 Å². The van der Waals surface area contributed by atoms with Gasteiger partial charge in [0.2, 0.25) is 0 Å². The summed E-state index contributed by atoms with van der Waals surface area (Å²) in [6.07, 6.45) is 5.44. The Bertz CT molecular complexity index is 1320. The van der Waals surface area contributed by atoms with Crippen molar-refractivity contribution in [2.45, 2.75) is 63.8 Å². The molecule has 0 amide bonds. The summed E-state index contributed by atoms with van der Waals surface area (Å²) in [7, 11) is 1.36. The number of hydrogen-bond donors (Lipinski definition) is 2. The zero-order valence-corrected chi connectivity index (χ0v) is 23.8. The van der Waals surface area contributed by atoms with E-state index >= 15 is 0 Å². The summed E-state index contributed by atoms with van der Waals surface area (Å²) in [6, 6.07) is 17.2. The van der Waals surface area contributed by atoms with E-state index in [0.29, 0.717) is 28.6 Å². The van der Waals surface area contributed by atoms with E-state index in [9.17, 15) is 13.6 Å². The molecule has 3 aromatic rings. The van der Waals surface area contributed by atoms with Gasteiger partial charge in [-0.05, 0) is 68.0 Å². The third-order valence-electron chi connectivity index (χ3n) is 8.35. The maximum Gasteiger partial charge on any atom is 0.337 e. The van der Waals surface area contributed by atoms with E-state index in [1.165, 1.54) is 25.7 Å². The maximum absolute atomic E-state index is 14.4. The molecule has 1 saturated carbocycles. The van der Waals surface area contributed by atoms with Crippen LogP contribution in [0.2, 0.25) is 5.02 Å². The van der Waals surface area contributed by atoms with Crippen LogP contribution < -0.4 is 10.6 Å². The lowest BCUT2D eigenvalue weighted by molar-refractivity contribution is -0.110. The Morgan fingerprint density at radius 3 is 2.10 bits per heavy atom. The van der Waals surface area contributed by atoms with Gasteiger partial charge in [0.05, 0.1) is 36.3 Å². The molecule has 3 aromatic carbocycles. The van der Waals surface area contributed by atoms with Crippen LogP contribution in [0.3, 0.4) is 0 Å². The minimum absolute atomic E-state index is 0.144. The Labute approximate surface area is 239 Å². The largest absolute Gasteiger partial charge is 0.465 e. The Morgan fingerprint density at radius 1 is 0.975 bits per heavy atom. The van der Waals surface area contributed by atoms with Crippen molar-refractivity contribution in [3.8, 4) is 0 Å². The number of anilines is 2. The summed E-state index contributed by atoms with van der Waals surface area (Å²) in [5.74, 6) is -2.07. The van der Waals surface area contributed by atoms with Gasteiger partial charge in [0, 0.05) is 23.1 Å². The smallest absolute Gasteiger partial charge is 0.337 e. The zero-order chi connectivity index (χ0) is 28.5. The van der Waals surface area contributed by atoms with E-state index in [0.717, 1.165) is 36.8 Å². The molecule has 1 aliphatic heterocycles. The van der Waals surface area contributed by atoms with E-state index < -0.39 is 22.9 Å². The summed E-state index contributed by atoms with van der Waals surface area (Å²) in [6.45, 7) is 4.49. The first kappa shape index (κ1) is 28.4. The van der Waals surface area contributed by atoms with E-state index in [-0.39, 0.29) is 17.8 Å². The van der Waals surface area contributed by atoms with E-state index in [4.69, 9.17) is 21.1 Å². The fourth-order valence-electron chi connectivity index (χ4n) is 6.53. The van der Waals surface area contributed by atoms with Crippen LogP contribution in [-0.2, 0) is 21.7 Å². The lowest BCUT2D eigenvalue weighted by Gasteiger charge is -2.51. The molecule has 8 heteroatoms. The summed E-state index contributed by atoms with van der Waals surface area (Å²) < 4.78 is 40.3. The first-order valence-electron chi connectivity index (χ1n) is 13.8. The Hall–Kier alpha value is -3.16. The average Bonchev–Trinajstić information content (AvgIpc) is 3.31. The third-order valence-corrected chi connectivity index (χ3v) is 8.60. The van der Waals surface area contributed by atoms with Gasteiger partial charge in [0.15, 0.2) is 11.6 Å². The fourth-order valence-corrected chi connectivity index (χ4v) is 6.65. The van der Waals surface area contributed by atoms with Crippen molar-refractivity contribution in [1.29, 1.82) is 0 Å². The lowest BCUT2D eigenvalue weighted by Crippen LogP contribution is -2.58. The highest BCUT2D eigenvalue weighted by Gasteiger charge is 2.55. The van der Waals surface area contributed by atoms with Gasteiger partial charge in [-0.1, -0.05) is 55.1 Å². The molecule has 212 valence electrons. The van der Waals surface area contributed by atoms with Gasteiger partial charge in [-0.25, -0.2) is 13.6 Å². The molecule has 0 saturated heterocycles. The Kier molecular flexibility index (Phi) is 8.07. The molecule has 40 heavy (non-hydrogen) atoms. The van der Waals surface area contributed by atoms with Crippen molar-refractivity contribution in [2.75, 3.05) is 17.7 Å². The topological polar surface area (TPSA) is 59.6 Å². The van der Waals surface area contributed by atoms with Crippen molar-refractivity contribution >= 4 is 28.9 Å². The van der Waals surface area contributed by atoms with E-state index in [1.807, 2.05) is 36.4 Å². The number of halogens is 3. The number of rotatable bonds is 8. The van der Waals surface area contributed by atoms with Crippen LogP contribution >= 0.6 is 11.6 Å². The molecule has 0 aromatic heterocycles. The molecule has 1 unspecified atom stereocenters. The zero-order valence-electron chi connectivity index (χ0n) is 23.0. The number of ether oxygens (including phenoxy) is 2. The minimum atomic E-state index is -0.909. The predicted molar refractivity (Wildman–Crippen MR) is 153 cm³/mol. The molecular formula is C32H35ClF2N2O3. The van der Waals surface area contributed by atoms with Crippen LogP contribution in [0.5, 0.6) is 0 Å². The Balaban J connectivity index is 1.54. The number of benzene rings is 3. The Morgan fingerprint density at radius 2 is 1.55 bits per heavy atom. The molecular weight excluding hydrogens is 534 g/mol. The highest BCUT2D eigenvalue weighted by molar-refractivity contribution is 6.30. The second kappa shape index (κ2) is 11.4. The molecule has 0 radical (unpaired) electrons. The number of hydrogen-bond acceptors (Lipinski definition) is 5. The number of carbonyl (C=O) groups excluding carboxylic acids is 1. The van der Waals surface area contributed by atoms with Crippen LogP contribution in [-0.4, -0.2) is 18.7 Å². The summed E-state index contributed by atoms with van der Waals surface area (Å²) in [5.41, 5.74) is 1.71. The van der Waals surface area contributed by atoms with E-state index in [2.05, 4.69) is 24.5 Å². The van der Waals surface area contributed by atoms with Crippen LogP contribution in [0.25, 0.3) is 0 Å². The van der Waals surface area contributed by atoms with Gasteiger partial charge in [-0.15, -0.1) is 0 Å². The minimum Gasteiger partial charge on any atom is -0.465 e. The monoisotopic (exact) mass is 568 g/mol. The maximum atomic E-state index is 14.4.